The van der Waals surface area contributed by atoms with E-state index in [-0.39, 0.29) is 11.8 Å². The Morgan fingerprint density at radius 1 is 1.29 bits per heavy atom. The lowest BCUT2D eigenvalue weighted by molar-refractivity contribution is 0.0693. The molecule has 0 unspecified atom stereocenters. The zero-order chi connectivity index (χ0) is 15.1. The normalized spacial score (nSPS) is 13.3. The highest BCUT2D eigenvalue weighted by Gasteiger charge is 2.32. The third-order valence-corrected chi connectivity index (χ3v) is 4.18. The van der Waals surface area contributed by atoms with Gasteiger partial charge in [0.05, 0.1) is 16.8 Å². The number of benzene rings is 1. The molecule has 0 saturated heterocycles. The molecule has 2 amide bonds. The SMILES string of the molecule is Cc1nsc(Nc2ccc3c(c2)C(=O)N(C)C3=O)c1C#N. The second kappa shape index (κ2) is 4.68. The molecular weight excluding hydrogens is 288 g/mol. The van der Waals surface area contributed by atoms with Gasteiger partial charge in [-0.3, -0.25) is 14.5 Å². The lowest BCUT2D eigenvalue weighted by Crippen LogP contribution is -2.24. The average Bonchev–Trinajstić information content (AvgIpc) is 2.93. The van der Waals surface area contributed by atoms with E-state index in [2.05, 4.69) is 15.8 Å². The fourth-order valence-electron chi connectivity index (χ4n) is 2.16. The van der Waals surface area contributed by atoms with E-state index in [1.165, 1.54) is 18.6 Å². The molecule has 3 rings (SSSR count). The summed E-state index contributed by atoms with van der Waals surface area (Å²) in [5.41, 5.74) is 2.56. The summed E-state index contributed by atoms with van der Waals surface area (Å²) in [4.78, 5) is 24.9. The molecule has 2 heterocycles. The van der Waals surface area contributed by atoms with Gasteiger partial charge in [-0.05, 0) is 36.7 Å². The molecule has 2 aromatic rings. The van der Waals surface area contributed by atoms with E-state index < -0.39 is 0 Å². The second-order valence-corrected chi connectivity index (χ2v) is 5.41. The molecule has 1 N–H and O–H groups in total. The fourth-order valence-corrected chi connectivity index (χ4v) is 2.92. The van der Waals surface area contributed by atoms with Crippen molar-refractivity contribution >= 4 is 34.0 Å². The number of rotatable bonds is 2. The highest BCUT2D eigenvalue weighted by atomic mass is 32.1. The van der Waals surface area contributed by atoms with E-state index in [0.717, 1.165) is 4.90 Å². The number of nitrogens with one attached hydrogen (secondary N) is 1. The van der Waals surface area contributed by atoms with Crippen molar-refractivity contribution in [3.8, 4) is 6.07 Å². The Morgan fingerprint density at radius 3 is 2.71 bits per heavy atom. The molecule has 0 fully saturated rings. The lowest BCUT2D eigenvalue weighted by Gasteiger charge is -2.05. The number of anilines is 2. The van der Waals surface area contributed by atoms with Gasteiger partial charge in [0.15, 0.2) is 0 Å². The number of hydrogen-bond donors (Lipinski definition) is 1. The average molecular weight is 298 g/mol. The predicted octanol–water partition coefficient (Wildman–Crippen LogP) is 2.29. The number of carbonyl (C=O) groups excluding carboxylic acids is 2. The van der Waals surface area contributed by atoms with Crippen molar-refractivity contribution in [3.05, 3.63) is 40.6 Å². The maximum Gasteiger partial charge on any atom is 0.261 e. The molecule has 0 radical (unpaired) electrons. The van der Waals surface area contributed by atoms with Crippen LogP contribution in [-0.2, 0) is 0 Å². The molecule has 7 heteroatoms. The Balaban J connectivity index is 1.98. The Hall–Kier alpha value is -2.72. The van der Waals surface area contributed by atoms with Gasteiger partial charge in [-0.25, -0.2) is 0 Å². The van der Waals surface area contributed by atoms with Gasteiger partial charge in [-0.2, -0.15) is 9.64 Å². The number of aryl methyl sites for hydroxylation is 1. The first-order chi connectivity index (χ1) is 10.0. The second-order valence-electron chi connectivity index (χ2n) is 4.64. The number of carbonyl (C=O) groups is 2. The third-order valence-electron chi connectivity index (χ3n) is 3.32. The van der Waals surface area contributed by atoms with Crippen LogP contribution in [0, 0.1) is 18.3 Å². The first-order valence-electron chi connectivity index (χ1n) is 6.12. The van der Waals surface area contributed by atoms with Gasteiger partial charge in [0.2, 0.25) is 0 Å². The molecule has 104 valence electrons. The van der Waals surface area contributed by atoms with Gasteiger partial charge in [-0.1, -0.05) is 0 Å². The van der Waals surface area contributed by atoms with Crippen molar-refractivity contribution < 1.29 is 9.59 Å². The molecule has 1 aromatic carbocycles. The number of amides is 2. The van der Waals surface area contributed by atoms with Gasteiger partial charge in [0.1, 0.15) is 16.6 Å². The van der Waals surface area contributed by atoms with Crippen molar-refractivity contribution in [2.45, 2.75) is 6.92 Å². The first kappa shape index (κ1) is 13.3. The Labute approximate surface area is 124 Å². The summed E-state index contributed by atoms with van der Waals surface area (Å²) in [7, 11) is 1.46. The summed E-state index contributed by atoms with van der Waals surface area (Å²) in [6.45, 7) is 1.76. The van der Waals surface area contributed by atoms with Crippen LogP contribution in [0.4, 0.5) is 10.7 Å². The summed E-state index contributed by atoms with van der Waals surface area (Å²) in [6.07, 6.45) is 0. The molecule has 0 aliphatic carbocycles. The molecule has 6 nitrogen and oxygen atoms in total. The van der Waals surface area contributed by atoms with Gasteiger partial charge >= 0.3 is 0 Å². The highest BCUT2D eigenvalue weighted by Crippen LogP contribution is 2.30. The molecule has 0 saturated carbocycles. The third kappa shape index (κ3) is 1.97. The van der Waals surface area contributed by atoms with Crippen LogP contribution >= 0.6 is 11.5 Å². The van der Waals surface area contributed by atoms with E-state index in [1.807, 2.05) is 0 Å². The number of hydrogen-bond acceptors (Lipinski definition) is 6. The Morgan fingerprint density at radius 2 is 2.00 bits per heavy atom. The Bertz CT molecular complexity index is 819. The van der Waals surface area contributed by atoms with Gasteiger partial charge in [0.25, 0.3) is 11.8 Å². The first-order valence-corrected chi connectivity index (χ1v) is 6.90. The molecule has 0 bridgehead atoms. The highest BCUT2D eigenvalue weighted by molar-refractivity contribution is 7.10. The number of nitriles is 1. The smallest absolute Gasteiger partial charge is 0.261 e. The van der Waals surface area contributed by atoms with Crippen molar-refractivity contribution in [1.82, 2.24) is 9.27 Å². The molecule has 1 aliphatic heterocycles. The van der Waals surface area contributed by atoms with Crippen LogP contribution in [0.3, 0.4) is 0 Å². The zero-order valence-electron chi connectivity index (χ0n) is 11.3. The van der Waals surface area contributed by atoms with E-state index >= 15 is 0 Å². The van der Waals surface area contributed by atoms with Gasteiger partial charge < -0.3 is 5.32 Å². The van der Waals surface area contributed by atoms with Gasteiger partial charge in [0, 0.05) is 12.7 Å². The number of nitrogens with zero attached hydrogens (tertiary/aromatic N) is 3. The van der Waals surface area contributed by atoms with E-state index in [0.29, 0.717) is 33.1 Å². The number of aromatic nitrogens is 1. The number of fused-ring (bicyclic) bond motifs is 1. The van der Waals surface area contributed by atoms with Crippen LogP contribution in [0.1, 0.15) is 32.0 Å². The predicted molar refractivity (Wildman–Crippen MR) is 77.7 cm³/mol. The van der Waals surface area contributed by atoms with E-state index in [4.69, 9.17) is 5.26 Å². The molecule has 0 atom stereocenters. The Kier molecular flexibility index (Phi) is 2.96. The van der Waals surface area contributed by atoms with Crippen LogP contribution < -0.4 is 5.32 Å². The molecule has 1 aliphatic rings. The van der Waals surface area contributed by atoms with Crippen LogP contribution in [0.5, 0.6) is 0 Å². The summed E-state index contributed by atoms with van der Waals surface area (Å²) in [5, 5.41) is 12.8. The summed E-state index contributed by atoms with van der Waals surface area (Å²) in [6, 6.07) is 7.04. The van der Waals surface area contributed by atoms with Crippen molar-refractivity contribution in [2.24, 2.45) is 0 Å². The summed E-state index contributed by atoms with van der Waals surface area (Å²) >= 11 is 1.18. The van der Waals surface area contributed by atoms with Crippen molar-refractivity contribution in [1.29, 1.82) is 5.26 Å². The van der Waals surface area contributed by atoms with Crippen molar-refractivity contribution in [3.63, 3.8) is 0 Å². The standard InChI is InChI=1S/C14H10N4O2S/c1-7-11(6-15)12(21-17-7)16-8-3-4-9-10(5-8)14(20)18(2)13(9)19/h3-5,16H,1-2H3. The summed E-state index contributed by atoms with van der Waals surface area (Å²) in [5.74, 6) is -0.618. The quantitative estimate of drug-likeness (QED) is 0.860. The monoisotopic (exact) mass is 298 g/mol. The molecule has 1 aromatic heterocycles. The number of imide groups is 1. The van der Waals surface area contributed by atoms with Crippen LogP contribution in [0.15, 0.2) is 18.2 Å². The van der Waals surface area contributed by atoms with Crippen LogP contribution in [0.25, 0.3) is 0 Å². The van der Waals surface area contributed by atoms with Crippen LogP contribution in [0.2, 0.25) is 0 Å². The van der Waals surface area contributed by atoms with E-state index in [9.17, 15) is 9.59 Å². The minimum absolute atomic E-state index is 0.298. The van der Waals surface area contributed by atoms with Crippen LogP contribution in [-0.4, -0.2) is 28.1 Å². The maximum absolute atomic E-state index is 12.0. The minimum atomic E-state index is -0.320. The topological polar surface area (TPSA) is 86.1 Å². The lowest BCUT2D eigenvalue weighted by atomic mass is 10.1. The van der Waals surface area contributed by atoms with Gasteiger partial charge in [-0.15, -0.1) is 0 Å². The summed E-state index contributed by atoms with van der Waals surface area (Å²) < 4.78 is 4.12. The molecule has 0 spiro atoms. The molecule has 21 heavy (non-hydrogen) atoms. The minimum Gasteiger partial charge on any atom is -0.345 e. The van der Waals surface area contributed by atoms with E-state index in [1.54, 1.807) is 25.1 Å². The molecular formula is C14H10N4O2S. The zero-order valence-corrected chi connectivity index (χ0v) is 12.1. The maximum atomic E-state index is 12.0. The fraction of sp³-hybridized carbons (Fsp3) is 0.143. The largest absolute Gasteiger partial charge is 0.345 e. The van der Waals surface area contributed by atoms with Crippen molar-refractivity contribution in [2.75, 3.05) is 12.4 Å².